The fourth-order valence-corrected chi connectivity index (χ4v) is 3.75. The SMILES string of the molecule is CC(C)[C@H]1CCN(S(=O)(=O)c2ncn(C)n2)C[C@H]1F. The number of aromatic nitrogens is 3. The molecule has 0 unspecified atom stereocenters. The highest BCUT2D eigenvalue weighted by Gasteiger charge is 2.38. The molecule has 6 nitrogen and oxygen atoms in total. The lowest BCUT2D eigenvalue weighted by Gasteiger charge is -2.35. The standard InChI is InChI=1S/C11H19FN4O2S/c1-8(2)9-4-5-16(6-10(9)12)19(17,18)11-13-7-15(3)14-11/h7-10H,4-6H2,1-3H3/t9-,10-/m1/s1. The Hall–Kier alpha value is -1.02. The number of alkyl halides is 1. The number of hydrogen-bond donors (Lipinski definition) is 0. The van der Waals surface area contributed by atoms with Gasteiger partial charge in [-0.05, 0) is 18.3 Å². The van der Waals surface area contributed by atoms with Crippen molar-refractivity contribution in [3.05, 3.63) is 6.33 Å². The fraction of sp³-hybridized carbons (Fsp3) is 0.818. The predicted molar refractivity (Wildman–Crippen MR) is 67.6 cm³/mol. The lowest BCUT2D eigenvalue weighted by molar-refractivity contribution is 0.101. The molecular weight excluding hydrogens is 271 g/mol. The maximum absolute atomic E-state index is 14.0. The van der Waals surface area contributed by atoms with Crippen LogP contribution in [0.15, 0.2) is 11.5 Å². The summed E-state index contributed by atoms with van der Waals surface area (Å²) in [6, 6.07) is 0. The third-order valence-corrected chi connectivity index (χ3v) is 5.22. The van der Waals surface area contributed by atoms with Crippen molar-refractivity contribution in [2.24, 2.45) is 18.9 Å². The smallest absolute Gasteiger partial charge is 0.255 e. The van der Waals surface area contributed by atoms with Gasteiger partial charge in [0.05, 0.1) is 0 Å². The molecule has 0 saturated carbocycles. The number of rotatable bonds is 3. The van der Waals surface area contributed by atoms with E-state index in [0.29, 0.717) is 13.0 Å². The van der Waals surface area contributed by atoms with E-state index in [-0.39, 0.29) is 23.5 Å². The maximum Gasteiger partial charge on any atom is 0.282 e. The Balaban J connectivity index is 2.16. The molecule has 19 heavy (non-hydrogen) atoms. The van der Waals surface area contributed by atoms with Gasteiger partial charge in [-0.1, -0.05) is 13.8 Å². The van der Waals surface area contributed by atoms with Crippen LogP contribution in [0.3, 0.4) is 0 Å². The molecule has 2 rings (SSSR count). The van der Waals surface area contributed by atoms with Gasteiger partial charge in [0.15, 0.2) is 0 Å². The first kappa shape index (κ1) is 14.4. The van der Waals surface area contributed by atoms with Crippen LogP contribution in [0.2, 0.25) is 0 Å². The van der Waals surface area contributed by atoms with Crippen LogP contribution in [-0.4, -0.2) is 46.7 Å². The molecule has 0 spiro atoms. The van der Waals surface area contributed by atoms with E-state index >= 15 is 0 Å². The Labute approximate surface area is 112 Å². The third kappa shape index (κ3) is 2.79. The topological polar surface area (TPSA) is 68.1 Å². The zero-order valence-electron chi connectivity index (χ0n) is 11.3. The van der Waals surface area contributed by atoms with Crippen molar-refractivity contribution in [1.82, 2.24) is 19.1 Å². The number of piperidine rings is 1. The summed E-state index contributed by atoms with van der Waals surface area (Å²) < 4.78 is 41.0. The minimum absolute atomic E-state index is 0.0804. The number of hydrogen-bond acceptors (Lipinski definition) is 4. The molecule has 1 fully saturated rings. The van der Waals surface area contributed by atoms with Crippen molar-refractivity contribution in [3.63, 3.8) is 0 Å². The zero-order chi connectivity index (χ0) is 14.2. The second-order valence-corrected chi connectivity index (χ2v) is 7.11. The van der Waals surface area contributed by atoms with Crippen LogP contribution in [0.1, 0.15) is 20.3 Å². The normalized spacial score (nSPS) is 25.9. The van der Waals surface area contributed by atoms with Crippen LogP contribution in [0, 0.1) is 11.8 Å². The van der Waals surface area contributed by atoms with Gasteiger partial charge in [-0.2, -0.15) is 4.31 Å². The molecule has 0 amide bonds. The molecule has 0 aromatic carbocycles. The highest BCUT2D eigenvalue weighted by atomic mass is 32.2. The summed E-state index contributed by atoms with van der Waals surface area (Å²) in [5.41, 5.74) is 0. The third-order valence-electron chi connectivity index (χ3n) is 3.56. The minimum Gasteiger partial charge on any atom is -0.255 e. The van der Waals surface area contributed by atoms with Gasteiger partial charge in [0.25, 0.3) is 15.2 Å². The molecule has 1 aliphatic rings. The summed E-state index contributed by atoms with van der Waals surface area (Å²) in [7, 11) is -2.18. The summed E-state index contributed by atoms with van der Waals surface area (Å²) in [6.07, 6.45) is 0.721. The van der Waals surface area contributed by atoms with Crippen LogP contribution in [-0.2, 0) is 17.1 Å². The molecular formula is C11H19FN4O2S. The van der Waals surface area contributed by atoms with Crippen LogP contribution >= 0.6 is 0 Å². The molecule has 0 aliphatic carbocycles. The summed E-state index contributed by atoms with van der Waals surface area (Å²) >= 11 is 0. The fourth-order valence-electron chi connectivity index (χ4n) is 2.42. The van der Waals surface area contributed by atoms with Gasteiger partial charge in [-0.3, -0.25) is 4.68 Å². The van der Waals surface area contributed by atoms with Gasteiger partial charge in [0, 0.05) is 20.1 Å². The summed E-state index contributed by atoms with van der Waals surface area (Å²) in [4.78, 5) is 3.74. The first-order valence-electron chi connectivity index (χ1n) is 6.32. The molecule has 8 heteroatoms. The molecule has 1 aliphatic heterocycles. The van der Waals surface area contributed by atoms with Gasteiger partial charge in [0.1, 0.15) is 12.5 Å². The molecule has 0 bridgehead atoms. The second kappa shape index (κ2) is 5.16. The van der Waals surface area contributed by atoms with Crippen LogP contribution in [0.4, 0.5) is 4.39 Å². The number of sulfonamides is 1. The Morgan fingerprint density at radius 2 is 2.16 bits per heavy atom. The van der Waals surface area contributed by atoms with E-state index in [0.717, 1.165) is 4.31 Å². The predicted octanol–water partition coefficient (Wildman–Crippen LogP) is 0.820. The van der Waals surface area contributed by atoms with E-state index in [1.165, 1.54) is 11.0 Å². The molecule has 1 aromatic rings. The van der Waals surface area contributed by atoms with E-state index in [1.807, 2.05) is 13.8 Å². The molecule has 2 atom stereocenters. The van der Waals surface area contributed by atoms with Gasteiger partial charge >= 0.3 is 0 Å². The monoisotopic (exact) mass is 290 g/mol. The quantitative estimate of drug-likeness (QED) is 0.826. The molecule has 108 valence electrons. The van der Waals surface area contributed by atoms with Crippen molar-refractivity contribution in [3.8, 4) is 0 Å². The molecule has 1 aromatic heterocycles. The average Bonchev–Trinajstić information content (AvgIpc) is 2.76. The van der Waals surface area contributed by atoms with Crippen LogP contribution in [0.5, 0.6) is 0 Å². The second-order valence-electron chi connectivity index (χ2n) is 5.28. The van der Waals surface area contributed by atoms with E-state index in [2.05, 4.69) is 10.1 Å². The first-order chi connectivity index (χ1) is 8.82. The van der Waals surface area contributed by atoms with Crippen molar-refractivity contribution in [2.45, 2.75) is 31.6 Å². The maximum atomic E-state index is 14.0. The van der Waals surface area contributed by atoms with E-state index in [4.69, 9.17) is 0 Å². The van der Waals surface area contributed by atoms with Crippen molar-refractivity contribution < 1.29 is 12.8 Å². The van der Waals surface area contributed by atoms with Crippen molar-refractivity contribution in [2.75, 3.05) is 13.1 Å². The largest absolute Gasteiger partial charge is 0.282 e. The van der Waals surface area contributed by atoms with Crippen LogP contribution < -0.4 is 0 Å². The zero-order valence-corrected chi connectivity index (χ0v) is 12.1. The Bertz CT molecular complexity index is 543. The molecule has 0 radical (unpaired) electrons. The number of aryl methyl sites for hydroxylation is 1. The summed E-state index contributed by atoms with van der Waals surface area (Å²) in [5.74, 6) is 0.135. The molecule has 2 heterocycles. The van der Waals surface area contributed by atoms with Gasteiger partial charge < -0.3 is 0 Å². The minimum atomic E-state index is -3.77. The van der Waals surface area contributed by atoms with E-state index in [9.17, 15) is 12.8 Å². The highest BCUT2D eigenvalue weighted by molar-refractivity contribution is 7.88. The number of halogens is 1. The van der Waals surface area contributed by atoms with Crippen molar-refractivity contribution in [1.29, 1.82) is 0 Å². The Morgan fingerprint density at radius 1 is 1.47 bits per heavy atom. The summed E-state index contributed by atoms with van der Waals surface area (Å²) in [5, 5.41) is 3.53. The van der Waals surface area contributed by atoms with E-state index < -0.39 is 16.2 Å². The summed E-state index contributed by atoms with van der Waals surface area (Å²) in [6.45, 7) is 4.14. The average molecular weight is 290 g/mol. The molecule has 1 saturated heterocycles. The molecule has 0 N–H and O–H groups in total. The van der Waals surface area contributed by atoms with Gasteiger partial charge in [0.2, 0.25) is 0 Å². The lowest BCUT2D eigenvalue weighted by atomic mass is 9.86. The van der Waals surface area contributed by atoms with Gasteiger partial charge in [-0.15, -0.1) is 5.10 Å². The van der Waals surface area contributed by atoms with E-state index in [1.54, 1.807) is 7.05 Å². The van der Waals surface area contributed by atoms with Gasteiger partial charge in [-0.25, -0.2) is 17.8 Å². The van der Waals surface area contributed by atoms with Crippen molar-refractivity contribution >= 4 is 10.0 Å². The highest BCUT2D eigenvalue weighted by Crippen LogP contribution is 2.29. The lowest BCUT2D eigenvalue weighted by Crippen LogP contribution is -2.46. The van der Waals surface area contributed by atoms with Crippen LogP contribution in [0.25, 0.3) is 0 Å². The number of nitrogens with zero attached hydrogens (tertiary/aromatic N) is 4. The Kier molecular flexibility index (Phi) is 3.91. The first-order valence-corrected chi connectivity index (χ1v) is 7.76. The Morgan fingerprint density at radius 3 is 2.63 bits per heavy atom.